The average Bonchev–Trinajstić information content (AvgIpc) is 3.09. The lowest BCUT2D eigenvalue weighted by molar-refractivity contribution is -0.0916. The molecule has 0 bridgehead atoms. The second-order valence-electron chi connectivity index (χ2n) is 5.60. The average molecular weight is 321 g/mol. The van der Waals surface area contributed by atoms with E-state index in [2.05, 4.69) is 4.98 Å². The van der Waals surface area contributed by atoms with Gasteiger partial charge in [-0.25, -0.2) is 9.59 Å². The molecule has 0 amide bonds. The summed E-state index contributed by atoms with van der Waals surface area (Å²) in [5, 5.41) is 0. The molecule has 1 N–H and O–H groups in total. The second-order valence-corrected chi connectivity index (χ2v) is 5.60. The van der Waals surface area contributed by atoms with Gasteiger partial charge < -0.3 is 23.6 Å². The van der Waals surface area contributed by atoms with Crippen LogP contribution in [0.5, 0.6) is 0 Å². The summed E-state index contributed by atoms with van der Waals surface area (Å²) in [4.78, 5) is 26.5. The summed E-state index contributed by atoms with van der Waals surface area (Å²) in [5.41, 5.74) is 1.49. The van der Waals surface area contributed by atoms with Gasteiger partial charge in [0, 0.05) is 19.1 Å². The highest BCUT2D eigenvalue weighted by atomic mass is 16.8. The Balaban J connectivity index is 1.48. The summed E-state index contributed by atoms with van der Waals surface area (Å²) in [5.74, 6) is -0.630. The monoisotopic (exact) mass is 321 g/mol. The fourth-order valence-electron chi connectivity index (χ4n) is 2.68. The van der Waals surface area contributed by atoms with Crippen molar-refractivity contribution in [3.8, 4) is 0 Å². The predicted molar refractivity (Wildman–Crippen MR) is 79.9 cm³/mol. The van der Waals surface area contributed by atoms with Crippen LogP contribution in [0.1, 0.15) is 49.5 Å². The molecule has 1 aliphatic rings. The number of hydrogen-bond acceptors (Lipinski definition) is 6. The maximum atomic E-state index is 12.0. The van der Waals surface area contributed by atoms with Crippen molar-refractivity contribution in [3.63, 3.8) is 0 Å². The van der Waals surface area contributed by atoms with E-state index in [4.69, 9.17) is 18.6 Å². The highest BCUT2D eigenvalue weighted by molar-refractivity contribution is 5.93. The molecule has 3 rings (SSSR count). The van der Waals surface area contributed by atoms with Crippen LogP contribution in [0.2, 0.25) is 0 Å². The molecular formula is C16H19NO6. The van der Waals surface area contributed by atoms with E-state index in [1.165, 1.54) is 25.7 Å². The number of aromatic amines is 1. The van der Waals surface area contributed by atoms with E-state index in [-0.39, 0.29) is 11.8 Å². The molecule has 0 aliphatic heterocycles. The van der Waals surface area contributed by atoms with Crippen molar-refractivity contribution in [1.82, 2.24) is 4.98 Å². The van der Waals surface area contributed by atoms with Crippen molar-refractivity contribution in [2.75, 3.05) is 0 Å². The van der Waals surface area contributed by atoms with E-state index in [0.717, 1.165) is 25.7 Å². The lowest BCUT2D eigenvalue weighted by Gasteiger charge is -2.22. The van der Waals surface area contributed by atoms with Gasteiger partial charge in [-0.05, 0) is 25.7 Å². The van der Waals surface area contributed by atoms with Crippen LogP contribution in [-0.4, -0.2) is 29.5 Å². The Bertz CT molecular complexity index is 653. The summed E-state index contributed by atoms with van der Waals surface area (Å²) >= 11 is 0. The molecule has 7 heteroatoms. The number of nitrogens with one attached hydrogen (secondary N) is 1. The van der Waals surface area contributed by atoms with Gasteiger partial charge in [0.25, 0.3) is 0 Å². The Morgan fingerprint density at radius 1 is 1.26 bits per heavy atom. The van der Waals surface area contributed by atoms with Crippen LogP contribution in [0.25, 0.3) is 11.1 Å². The van der Waals surface area contributed by atoms with Crippen LogP contribution >= 0.6 is 0 Å². The number of hydrogen-bond donors (Lipinski definition) is 1. The first-order valence-electron chi connectivity index (χ1n) is 7.76. The van der Waals surface area contributed by atoms with Gasteiger partial charge in [0.05, 0.1) is 11.8 Å². The number of H-pyrrole nitrogens is 1. The smallest absolute Gasteiger partial charge is 0.463 e. The van der Waals surface area contributed by atoms with Gasteiger partial charge in [-0.1, -0.05) is 6.42 Å². The van der Waals surface area contributed by atoms with Crippen molar-refractivity contribution in [2.24, 2.45) is 0 Å². The van der Waals surface area contributed by atoms with Gasteiger partial charge in [0.2, 0.25) is 6.29 Å². The number of ether oxygens (including phenoxy) is 3. The number of furan rings is 1. The summed E-state index contributed by atoms with van der Waals surface area (Å²) < 4.78 is 20.4. The first-order valence-corrected chi connectivity index (χ1v) is 7.76. The Morgan fingerprint density at radius 3 is 2.78 bits per heavy atom. The Kier molecular flexibility index (Phi) is 4.55. The number of fused-ring (bicyclic) bond motifs is 1. The van der Waals surface area contributed by atoms with Gasteiger partial charge in [-0.15, -0.1) is 0 Å². The lowest BCUT2D eigenvalue weighted by atomic mass is 9.98. The molecule has 0 saturated heterocycles. The van der Waals surface area contributed by atoms with E-state index < -0.39 is 18.4 Å². The Morgan fingerprint density at radius 2 is 2.04 bits per heavy atom. The summed E-state index contributed by atoms with van der Waals surface area (Å²) in [7, 11) is 0. The zero-order valence-corrected chi connectivity index (χ0v) is 12.9. The highest BCUT2D eigenvalue weighted by Crippen LogP contribution is 2.21. The minimum Gasteiger partial charge on any atom is -0.463 e. The second kappa shape index (κ2) is 6.76. The molecule has 1 fully saturated rings. The molecule has 0 radical (unpaired) electrons. The molecule has 1 atom stereocenters. The third-order valence-corrected chi connectivity index (χ3v) is 3.81. The van der Waals surface area contributed by atoms with E-state index >= 15 is 0 Å². The normalized spacial score (nSPS) is 16.9. The van der Waals surface area contributed by atoms with Crippen molar-refractivity contribution < 1.29 is 28.2 Å². The van der Waals surface area contributed by atoms with E-state index in [0.29, 0.717) is 11.1 Å². The van der Waals surface area contributed by atoms with Crippen LogP contribution in [0.15, 0.2) is 22.8 Å². The first-order chi connectivity index (χ1) is 11.1. The largest absolute Gasteiger partial charge is 0.511 e. The van der Waals surface area contributed by atoms with Crippen molar-refractivity contribution >= 4 is 23.2 Å². The van der Waals surface area contributed by atoms with E-state index in [1.807, 2.05) is 0 Å². The molecular weight excluding hydrogens is 302 g/mol. The molecule has 7 nitrogen and oxygen atoms in total. The molecule has 2 heterocycles. The Labute approximate surface area is 132 Å². The van der Waals surface area contributed by atoms with Crippen LogP contribution in [0.3, 0.4) is 0 Å². The predicted octanol–water partition coefficient (Wildman–Crippen LogP) is 3.75. The molecule has 1 saturated carbocycles. The van der Waals surface area contributed by atoms with Gasteiger partial charge in [0.1, 0.15) is 11.8 Å². The van der Waals surface area contributed by atoms with E-state index in [9.17, 15) is 9.59 Å². The molecule has 1 unspecified atom stereocenters. The fourth-order valence-corrected chi connectivity index (χ4v) is 2.68. The van der Waals surface area contributed by atoms with Gasteiger partial charge in [-0.2, -0.15) is 0 Å². The fraction of sp³-hybridized carbons (Fsp3) is 0.500. The van der Waals surface area contributed by atoms with Crippen LogP contribution in [-0.2, 0) is 14.2 Å². The first kappa shape index (κ1) is 15.5. The molecule has 0 aromatic carbocycles. The number of carbonyl (C=O) groups excluding carboxylic acids is 2. The standard InChI is InChI=1S/C16H19NO6/c1-10(22-16(19)23-11-5-3-2-4-6-11)21-15(18)13-9-14-12(17-13)7-8-20-14/h7-11,17H,2-6H2,1H3. The summed E-state index contributed by atoms with van der Waals surface area (Å²) in [6.45, 7) is 1.47. The van der Waals surface area contributed by atoms with Gasteiger partial charge in [-0.3, -0.25) is 0 Å². The van der Waals surface area contributed by atoms with Crippen LogP contribution in [0, 0.1) is 0 Å². The van der Waals surface area contributed by atoms with E-state index in [1.54, 1.807) is 6.07 Å². The quantitative estimate of drug-likeness (QED) is 0.681. The molecule has 23 heavy (non-hydrogen) atoms. The van der Waals surface area contributed by atoms with Crippen molar-refractivity contribution in [2.45, 2.75) is 51.4 Å². The summed E-state index contributed by atoms with van der Waals surface area (Å²) in [6.07, 6.45) is 4.55. The lowest BCUT2D eigenvalue weighted by Crippen LogP contribution is -2.26. The maximum absolute atomic E-state index is 12.0. The van der Waals surface area contributed by atoms with Gasteiger partial charge >= 0.3 is 12.1 Å². The number of esters is 1. The molecule has 0 spiro atoms. The number of rotatable bonds is 4. The highest BCUT2D eigenvalue weighted by Gasteiger charge is 2.22. The minimum absolute atomic E-state index is 0.102. The summed E-state index contributed by atoms with van der Waals surface area (Å²) in [6, 6.07) is 3.23. The van der Waals surface area contributed by atoms with Crippen LogP contribution < -0.4 is 0 Å². The van der Waals surface area contributed by atoms with Crippen molar-refractivity contribution in [3.05, 3.63) is 24.1 Å². The third kappa shape index (κ3) is 3.85. The molecule has 2 aromatic rings. The zero-order valence-electron chi connectivity index (χ0n) is 12.9. The van der Waals surface area contributed by atoms with Crippen molar-refractivity contribution in [1.29, 1.82) is 0 Å². The molecule has 2 aromatic heterocycles. The number of aromatic nitrogens is 1. The Hall–Kier alpha value is -2.44. The maximum Gasteiger partial charge on any atom is 0.511 e. The minimum atomic E-state index is -1.03. The molecule has 124 valence electrons. The van der Waals surface area contributed by atoms with Gasteiger partial charge in [0.15, 0.2) is 5.58 Å². The zero-order chi connectivity index (χ0) is 16.2. The molecule has 1 aliphatic carbocycles. The SMILES string of the molecule is CC(OC(=O)OC1CCCCC1)OC(=O)c1cc2occc2[nH]1. The third-order valence-electron chi connectivity index (χ3n) is 3.81. The van der Waals surface area contributed by atoms with Crippen LogP contribution in [0.4, 0.5) is 4.79 Å². The number of carbonyl (C=O) groups is 2. The topological polar surface area (TPSA) is 90.8 Å².